The Kier molecular flexibility index (Phi) is 4.55. The van der Waals surface area contributed by atoms with Crippen molar-refractivity contribution in [2.75, 3.05) is 0 Å². The summed E-state index contributed by atoms with van der Waals surface area (Å²) in [4.78, 5) is 0. The molecule has 0 heterocycles. The molecule has 0 aliphatic heterocycles. The quantitative estimate of drug-likeness (QED) is 0.847. The van der Waals surface area contributed by atoms with E-state index in [4.69, 9.17) is 5.14 Å². The van der Waals surface area contributed by atoms with Crippen molar-refractivity contribution in [1.82, 2.24) is 4.72 Å². The van der Waals surface area contributed by atoms with E-state index in [0.29, 0.717) is 18.9 Å². The van der Waals surface area contributed by atoms with Gasteiger partial charge in [-0.15, -0.1) is 0 Å². The Morgan fingerprint density at radius 1 is 1.41 bits per heavy atom. The summed E-state index contributed by atoms with van der Waals surface area (Å²) < 4.78 is 50.2. The zero-order valence-electron chi connectivity index (χ0n) is 9.28. The molecule has 1 atom stereocenters. The molecule has 0 unspecified atom stereocenters. The normalized spacial score (nSPS) is 13.6. The SMILES string of the molecule is CCC[C@@H](NS(N)(=O)=O)c1ccc(F)cc1F. The van der Waals surface area contributed by atoms with Crippen molar-refractivity contribution in [3.05, 3.63) is 35.4 Å². The van der Waals surface area contributed by atoms with Crippen LogP contribution in [0.2, 0.25) is 0 Å². The maximum absolute atomic E-state index is 13.5. The average molecular weight is 264 g/mol. The molecular formula is C10H14F2N2O2S. The Labute approximate surface area is 99.0 Å². The Morgan fingerprint density at radius 2 is 2.06 bits per heavy atom. The van der Waals surface area contributed by atoms with Crippen LogP contribution >= 0.6 is 0 Å². The zero-order chi connectivity index (χ0) is 13.1. The summed E-state index contributed by atoms with van der Waals surface area (Å²) in [6, 6.07) is 2.22. The summed E-state index contributed by atoms with van der Waals surface area (Å²) in [6.07, 6.45) is 1.00. The summed E-state index contributed by atoms with van der Waals surface area (Å²) in [6.45, 7) is 1.82. The molecule has 0 amide bonds. The Morgan fingerprint density at radius 3 is 2.53 bits per heavy atom. The third-order valence-corrected chi connectivity index (χ3v) is 2.83. The van der Waals surface area contributed by atoms with Gasteiger partial charge in [-0.05, 0) is 12.5 Å². The minimum Gasteiger partial charge on any atom is -0.216 e. The molecule has 0 radical (unpaired) electrons. The molecule has 0 spiro atoms. The molecule has 0 saturated heterocycles. The van der Waals surface area contributed by atoms with Crippen molar-refractivity contribution in [1.29, 1.82) is 0 Å². The van der Waals surface area contributed by atoms with E-state index in [2.05, 4.69) is 4.72 Å². The van der Waals surface area contributed by atoms with Gasteiger partial charge in [0.1, 0.15) is 11.6 Å². The third-order valence-electron chi connectivity index (χ3n) is 2.22. The van der Waals surface area contributed by atoms with E-state index in [1.165, 1.54) is 6.07 Å². The molecule has 0 saturated carbocycles. The van der Waals surface area contributed by atoms with Gasteiger partial charge in [0, 0.05) is 11.6 Å². The van der Waals surface area contributed by atoms with Gasteiger partial charge in [0.15, 0.2) is 0 Å². The molecule has 0 aromatic heterocycles. The van der Waals surface area contributed by atoms with Crippen molar-refractivity contribution in [2.45, 2.75) is 25.8 Å². The van der Waals surface area contributed by atoms with E-state index in [0.717, 1.165) is 6.07 Å². The summed E-state index contributed by atoms with van der Waals surface area (Å²) >= 11 is 0. The zero-order valence-corrected chi connectivity index (χ0v) is 10.1. The van der Waals surface area contributed by atoms with Crippen LogP contribution in [0.4, 0.5) is 8.78 Å². The van der Waals surface area contributed by atoms with Gasteiger partial charge >= 0.3 is 0 Å². The number of benzene rings is 1. The van der Waals surface area contributed by atoms with Crippen LogP contribution in [0.15, 0.2) is 18.2 Å². The summed E-state index contributed by atoms with van der Waals surface area (Å²) in [7, 11) is -3.93. The summed E-state index contributed by atoms with van der Waals surface area (Å²) in [5, 5.41) is 4.85. The number of hydrogen-bond acceptors (Lipinski definition) is 2. The summed E-state index contributed by atoms with van der Waals surface area (Å²) in [5.74, 6) is -1.50. The monoisotopic (exact) mass is 264 g/mol. The van der Waals surface area contributed by atoms with Gasteiger partial charge < -0.3 is 0 Å². The fourth-order valence-electron chi connectivity index (χ4n) is 1.55. The maximum Gasteiger partial charge on any atom is 0.274 e. The number of rotatable bonds is 5. The van der Waals surface area contributed by atoms with Gasteiger partial charge in [0.05, 0.1) is 6.04 Å². The first-order valence-corrected chi connectivity index (χ1v) is 6.63. The Hall–Kier alpha value is -1.05. The van der Waals surface area contributed by atoms with Gasteiger partial charge in [-0.2, -0.15) is 13.1 Å². The smallest absolute Gasteiger partial charge is 0.216 e. The molecule has 4 nitrogen and oxygen atoms in total. The lowest BCUT2D eigenvalue weighted by Crippen LogP contribution is -2.34. The highest BCUT2D eigenvalue weighted by Crippen LogP contribution is 2.22. The van der Waals surface area contributed by atoms with Crippen LogP contribution in [0.1, 0.15) is 31.4 Å². The van der Waals surface area contributed by atoms with Gasteiger partial charge in [-0.25, -0.2) is 13.9 Å². The first-order valence-electron chi connectivity index (χ1n) is 5.08. The van der Waals surface area contributed by atoms with Crippen LogP contribution < -0.4 is 9.86 Å². The highest BCUT2D eigenvalue weighted by molar-refractivity contribution is 7.87. The fourth-order valence-corrected chi connectivity index (χ4v) is 2.19. The van der Waals surface area contributed by atoms with Crippen LogP contribution in [0.5, 0.6) is 0 Å². The summed E-state index contributed by atoms with van der Waals surface area (Å²) in [5.41, 5.74) is 0.0854. The number of hydrogen-bond donors (Lipinski definition) is 2. The minimum atomic E-state index is -3.93. The van der Waals surface area contributed by atoms with Crippen LogP contribution in [0.3, 0.4) is 0 Å². The molecule has 0 aliphatic carbocycles. The maximum atomic E-state index is 13.5. The van der Waals surface area contributed by atoms with Crippen molar-refractivity contribution in [3.63, 3.8) is 0 Å². The molecule has 1 aromatic carbocycles. The van der Waals surface area contributed by atoms with E-state index in [-0.39, 0.29) is 5.56 Å². The van der Waals surface area contributed by atoms with Gasteiger partial charge in [-0.3, -0.25) is 0 Å². The van der Waals surface area contributed by atoms with Crippen molar-refractivity contribution in [3.8, 4) is 0 Å². The van der Waals surface area contributed by atoms with E-state index < -0.39 is 27.9 Å². The van der Waals surface area contributed by atoms with E-state index >= 15 is 0 Å². The molecule has 0 aliphatic rings. The lowest BCUT2D eigenvalue weighted by atomic mass is 10.0. The third kappa shape index (κ3) is 4.37. The Balaban J connectivity index is 3.05. The van der Waals surface area contributed by atoms with Crippen molar-refractivity contribution < 1.29 is 17.2 Å². The van der Waals surface area contributed by atoms with Crippen LogP contribution in [-0.2, 0) is 10.2 Å². The fraction of sp³-hybridized carbons (Fsp3) is 0.400. The van der Waals surface area contributed by atoms with E-state index in [1.807, 2.05) is 6.92 Å². The lowest BCUT2D eigenvalue weighted by Gasteiger charge is -2.17. The van der Waals surface area contributed by atoms with E-state index in [9.17, 15) is 17.2 Å². The number of halogens is 2. The second-order valence-electron chi connectivity index (χ2n) is 3.67. The lowest BCUT2D eigenvalue weighted by molar-refractivity contribution is 0.506. The number of nitrogens with two attached hydrogens (primary N) is 1. The van der Waals surface area contributed by atoms with Crippen molar-refractivity contribution in [2.24, 2.45) is 5.14 Å². The highest BCUT2D eigenvalue weighted by atomic mass is 32.2. The van der Waals surface area contributed by atoms with Gasteiger partial charge in [0.25, 0.3) is 10.2 Å². The van der Waals surface area contributed by atoms with Gasteiger partial charge in [0.2, 0.25) is 0 Å². The molecular weight excluding hydrogens is 250 g/mol. The van der Waals surface area contributed by atoms with Crippen LogP contribution in [0, 0.1) is 11.6 Å². The largest absolute Gasteiger partial charge is 0.274 e. The van der Waals surface area contributed by atoms with Crippen LogP contribution in [0.25, 0.3) is 0 Å². The molecule has 96 valence electrons. The standard InChI is InChI=1S/C10H14F2N2O2S/c1-2-3-10(14-17(13,15)16)8-5-4-7(11)6-9(8)12/h4-6,10,14H,2-3H2,1H3,(H2,13,15,16)/t10-/m1/s1. The van der Waals surface area contributed by atoms with E-state index in [1.54, 1.807) is 0 Å². The highest BCUT2D eigenvalue weighted by Gasteiger charge is 2.19. The molecule has 0 fully saturated rings. The molecule has 0 bridgehead atoms. The molecule has 7 heteroatoms. The molecule has 17 heavy (non-hydrogen) atoms. The predicted octanol–water partition coefficient (Wildman–Crippen LogP) is 1.60. The molecule has 3 N–H and O–H groups in total. The van der Waals surface area contributed by atoms with Crippen molar-refractivity contribution >= 4 is 10.2 Å². The number of nitrogens with one attached hydrogen (secondary N) is 1. The van der Waals surface area contributed by atoms with Gasteiger partial charge in [-0.1, -0.05) is 19.4 Å². The minimum absolute atomic E-state index is 0.0854. The molecule has 1 aromatic rings. The average Bonchev–Trinajstić information content (AvgIpc) is 2.14. The first kappa shape index (κ1) is 14.0. The second-order valence-corrected chi connectivity index (χ2v) is 5.00. The van der Waals surface area contributed by atoms with Crippen LogP contribution in [-0.4, -0.2) is 8.42 Å². The molecule has 1 rings (SSSR count). The second kappa shape index (κ2) is 5.52. The first-order chi connectivity index (χ1) is 7.83. The topological polar surface area (TPSA) is 72.2 Å². The predicted molar refractivity (Wildman–Crippen MR) is 60.2 cm³/mol. The Bertz CT molecular complexity index is 491.